The van der Waals surface area contributed by atoms with E-state index in [1.54, 1.807) is 36.4 Å². The van der Waals surface area contributed by atoms with E-state index in [1.165, 1.54) is 0 Å². The SMILES string of the molecule is O=S(=O)(Nc1ccc(Br)c(Cl)c1)c1ccc2ccccc2c1. The third kappa shape index (κ3) is 3.11. The second-order valence-corrected chi connectivity index (χ2v) is 7.69. The molecular formula is C16H11BrClNO2S. The third-order valence-electron chi connectivity index (χ3n) is 3.20. The van der Waals surface area contributed by atoms with Gasteiger partial charge in [0.15, 0.2) is 0 Å². The minimum Gasteiger partial charge on any atom is -0.280 e. The van der Waals surface area contributed by atoms with E-state index in [2.05, 4.69) is 20.7 Å². The molecule has 0 aliphatic heterocycles. The molecule has 0 bridgehead atoms. The first-order valence-corrected chi connectivity index (χ1v) is 9.08. The van der Waals surface area contributed by atoms with Gasteiger partial charge in [-0.1, -0.05) is 41.9 Å². The third-order valence-corrected chi connectivity index (χ3v) is 5.81. The van der Waals surface area contributed by atoms with E-state index >= 15 is 0 Å². The molecule has 0 amide bonds. The molecule has 0 heterocycles. The summed E-state index contributed by atoms with van der Waals surface area (Å²) in [6, 6.07) is 17.5. The van der Waals surface area contributed by atoms with Gasteiger partial charge in [-0.2, -0.15) is 0 Å². The van der Waals surface area contributed by atoms with Crippen LogP contribution in [0.4, 0.5) is 5.69 Å². The number of nitrogens with one attached hydrogen (secondary N) is 1. The molecule has 3 nitrogen and oxygen atoms in total. The Labute approximate surface area is 142 Å². The molecule has 0 radical (unpaired) electrons. The lowest BCUT2D eigenvalue weighted by Crippen LogP contribution is -2.12. The number of hydrogen-bond donors (Lipinski definition) is 1. The van der Waals surface area contributed by atoms with Gasteiger partial charge in [-0.25, -0.2) is 8.42 Å². The molecule has 0 fully saturated rings. The van der Waals surface area contributed by atoms with Gasteiger partial charge in [0.2, 0.25) is 0 Å². The normalized spacial score (nSPS) is 11.5. The number of fused-ring (bicyclic) bond motifs is 1. The van der Waals surface area contributed by atoms with E-state index in [0.717, 1.165) is 10.8 Å². The van der Waals surface area contributed by atoms with Gasteiger partial charge in [0.1, 0.15) is 0 Å². The topological polar surface area (TPSA) is 46.2 Å². The Bertz CT molecular complexity index is 957. The maximum absolute atomic E-state index is 12.5. The Morgan fingerprint density at radius 1 is 0.909 bits per heavy atom. The quantitative estimate of drug-likeness (QED) is 0.673. The fraction of sp³-hybridized carbons (Fsp3) is 0. The van der Waals surface area contributed by atoms with Crippen molar-refractivity contribution >= 4 is 54.0 Å². The van der Waals surface area contributed by atoms with Crippen LogP contribution < -0.4 is 4.72 Å². The zero-order valence-electron chi connectivity index (χ0n) is 11.3. The van der Waals surface area contributed by atoms with Crippen molar-refractivity contribution in [2.24, 2.45) is 0 Å². The molecular weight excluding hydrogens is 386 g/mol. The molecule has 3 rings (SSSR count). The number of rotatable bonds is 3. The Kier molecular flexibility index (Phi) is 4.12. The maximum atomic E-state index is 12.5. The summed E-state index contributed by atoms with van der Waals surface area (Å²) < 4.78 is 28.2. The van der Waals surface area contributed by atoms with Crippen LogP contribution >= 0.6 is 27.5 Å². The van der Waals surface area contributed by atoms with Gasteiger partial charge in [-0.15, -0.1) is 0 Å². The molecule has 6 heteroatoms. The van der Waals surface area contributed by atoms with Gasteiger partial charge in [0.25, 0.3) is 10.0 Å². The lowest BCUT2D eigenvalue weighted by molar-refractivity contribution is 0.601. The monoisotopic (exact) mass is 395 g/mol. The number of hydrogen-bond acceptors (Lipinski definition) is 2. The highest BCUT2D eigenvalue weighted by molar-refractivity contribution is 9.10. The van der Waals surface area contributed by atoms with Crippen LogP contribution in [-0.4, -0.2) is 8.42 Å². The predicted octanol–water partition coefficient (Wildman–Crippen LogP) is 5.06. The van der Waals surface area contributed by atoms with Gasteiger partial charge in [-0.3, -0.25) is 4.72 Å². The summed E-state index contributed by atoms with van der Waals surface area (Å²) in [5, 5.41) is 2.31. The summed E-state index contributed by atoms with van der Waals surface area (Å²) in [6.45, 7) is 0. The molecule has 0 aliphatic carbocycles. The second kappa shape index (κ2) is 5.91. The Balaban J connectivity index is 1.98. The molecule has 3 aromatic rings. The Hall–Kier alpha value is -1.56. The van der Waals surface area contributed by atoms with Crippen molar-refractivity contribution in [1.29, 1.82) is 0 Å². The van der Waals surface area contributed by atoms with Crippen LogP contribution in [0.15, 0.2) is 70.0 Å². The zero-order valence-corrected chi connectivity index (χ0v) is 14.4. The van der Waals surface area contributed by atoms with Crippen molar-refractivity contribution in [3.63, 3.8) is 0 Å². The number of benzene rings is 3. The van der Waals surface area contributed by atoms with Crippen LogP contribution in [0.3, 0.4) is 0 Å². The molecule has 0 aliphatic rings. The van der Waals surface area contributed by atoms with Crippen LogP contribution in [-0.2, 0) is 10.0 Å². The number of anilines is 1. The van der Waals surface area contributed by atoms with E-state index < -0.39 is 10.0 Å². The van der Waals surface area contributed by atoms with Gasteiger partial charge < -0.3 is 0 Å². The molecule has 0 atom stereocenters. The predicted molar refractivity (Wildman–Crippen MR) is 93.9 cm³/mol. The van der Waals surface area contributed by atoms with Gasteiger partial charge in [0.05, 0.1) is 15.6 Å². The van der Waals surface area contributed by atoms with Crippen LogP contribution in [0, 0.1) is 0 Å². The summed E-state index contributed by atoms with van der Waals surface area (Å²) in [7, 11) is -3.66. The summed E-state index contributed by atoms with van der Waals surface area (Å²) in [4.78, 5) is 0.213. The lowest BCUT2D eigenvalue weighted by atomic mass is 10.1. The standard InChI is InChI=1S/C16H11BrClNO2S/c17-15-8-6-13(10-16(15)18)19-22(20,21)14-7-5-11-3-1-2-4-12(11)9-14/h1-10,19H. The van der Waals surface area contributed by atoms with Crippen molar-refractivity contribution in [3.05, 3.63) is 70.2 Å². The summed E-state index contributed by atoms with van der Waals surface area (Å²) >= 11 is 9.26. The summed E-state index contributed by atoms with van der Waals surface area (Å²) in [5.74, 6) is 0. The van der Waals surface area contributed by atoms with Crippen molar-refractivity contribution < 1.29 is 8.42 Å². The van der Waals surface area contributed by atoms with Crippen molar-refractivity contribution in [2.45, 2.75) is 4.90 Å². The largest absolute Gasteiger partial charge is 0.280 e. The van der Waals surface area contributed by atoms with E-state index in [9.17, 15) is 8.42 Å². The first-order valence-electron chi connectivity index (χ1n) is 6.42. The lowest BCUT2D eigenvalue weighted by Gasteiger charge is -2.10. The average molecular weight is 397 g/mol. The van der Waals surface area contributed by atoms with Crippen LogP contribution in [0.1, 0.15) is 0 Å². The average Bonchev–Trinajstić information content (AvgIpc) is 2.50. The molecule has 3 aromatic carbocycles. The summed E-state index contributed by atoms with van der Waals surface area (Å²) in [5.41, 5.74) is 0.418. The molecule has 0 saturated carbocycles. The second-order valence-electron chi connectivity index (χ2n) is 4.74. The first-order chi connectivity index (χ1) is 10.5. The van der Waals surface area contributed by atoms with E-state index in [4.69, 9.17) is 11.6 Å². The van der Waals surface area contributed by atoms with Gasteiger partial charge in [0, 0.05) is 4.47 Å². The van der Waals surface area contributed by atoms with E-state index in [-0.39, 0.29) is 4.90 Å². The fourth-order valence-corrected chi connectivity index (χ4v) is 3.62. The Morgan fingerprint density at radius 2 is 1.64 bits per heavy atom. The van der Waals surface area contributed by atoms with Crippen LogP contribution in [0.5, 0.6) is 0 Å². The zero-order chi connectivity index (χ0) is 15.7. The fourth-order valence-electron chi connectivity index (χ4n) is 2.11. The van der Waals surface area contributed by atoms with E-state index in [0.29, 0.717) is 15.2 Å². The first kappa shape index (κ1) is 15.3. The van der Waals surface area contributed by atoms with Crippen LogP contribution in [0.25, 0.3) is 10.8 Å². The van der Waals surface area contributed by atoms with E-state index in [1.807, 2.05) is 24.3 Å². The van der Waals surface area contributed by atoms with Crippen molar-refractivity contribution in [3.8, 4) is 0 Å². The minimum absolute atomic E-state index is 0.213. The molecule has 112 valence electrons. The van der Waals surface area contributed by atoms with Crippen molar-refractivity contribution in [1.82, 2.24) is 0 Å². The maximum Gasteiger partial charge on any atom is 0.261 e. The number of sulfonamides is 1. The molecule has 0 unspecified atom stereocenters. The molecule has 0 spiro atoms. The van der Waals surface area contributed by atoms with Gasteiger partial charge in [-0.05, 0) is 57.0 Å². The smallest absolute Gasteiger partial charge is 0.261 e. The highest BCUT2D eigenvalue weighted by Gasteiger charge is 2.15. The molecule has 22 heavy (non-hydrogen) atoms. The van der Waals surface area contributed by atoms with Gasteiger partial charge >= 0.3 is 0 Å². The number of halogens is 2. The Morgan fingerprint density at radius 3 is 2.36 bits per heavy atom. The molecule has 0 saturated heterocycles. The highest BCUT2D eigenvalue weighted by atomic mass is 79.9. The minimum atomic E-state index is -3.66. The highest BCUT2D eigenvalue weighted by Crippen LogP contribution is 2.27. The van der Waals surface area contributed by atoms with Crippen LogP contribution in [0.2, 0.25) is 5.02 Å². The molecule has 0 aromatic heterocycles. The van der Waals surface area contributed by atoms with Crippen molar-refractivity contribution in [2.75, 3.05) is 4.72 Å². The summed E-state index contributed by atoms with van der Waals surface area (Å²) in [6.07, 6.45) is 0. The molecule has 1 N–H and O–H groups in total.